The Kier molecular flexibility index (Phi) is 2.42. The lowest BCUT2D eigenvalue weighted by Crippen LogP contribution is -2.00. The van der Waals surface area contributed by atoms with Gasteiger partial charge in [0.05, 0.1) is 13.2 Å². The van der Waals surface area contributed by atoms with E-state index in [1.54, 1.807) is 0 Å². The van der Waals surface area contributed by atoms with Gasteiger partial charge < -0.3 is 10.5 Å². The maximum absolute atomic E-state index is 5.75. The highest BCUT2D eigenvalue weighted by atomic mass is 35.5. The lowest BCUT2D eigenvalue weighted by molar-refractivity contribution is 0.134. The molecule has 0 amide bonds. The minimum atomic E-state index is 0.101. The van der Waals surface area contributed by atoms with Crippen LogP contribution in [0.1, 0.15) is 11.1 Å². The van der Waals surface area contributed by atoms with E-state index < -0.39 is 0 Å². The first-order valence-corrected chi connectivity index (χ1v) is 5.47. The zero-order valence-corrected chi connectivity index (χ0v) is 9.61. The Balaban J connectivity index is 2.09. The maximum Gasteiger partial charge on any atom is 0.227 e. The summed E-state index contributed by atoms with van der Waals surface area (Å²) in [6.07, 6.45) is 0. The van der Waals surface area contributed by atoms with Crippen molar-refractivity contribution < 1.29 is 4.74 Å². The normalized spacial score (nSPS) is 13.7. The van der Waals surface area contributed by atoms with Crippen molar-refractivity contribution in [2.75, 3.05) is 5.73 Å². The third-order valence-corrected chi connectivity index (χ3v) is 2.77. The second kappa shape index (κ2) is 3.94. The summed E-state index contributed by atoms with van der Waals surface area (Å²) in [6.45, 7) is 1.28. The number of benzene rings is 1. The molecule has 2 heterocycles. The summed E-state index contributed by atoms with van der Waals surface area (Å²) in [5.41, 5.74) is 8.75. The van der Waals surface area contributed by atoms with Crippen LogP contribution in [-0.4, -0.2) is 15.0 Å². The van der Waals surface area contributed by atoms with Crippen LogP contribution in [0.25, 0.3) is 11.4 Å². The van der Waals surface area contributed by atoms with Gasteiger partial charge in [0.25, 0.3) is 0 Å². The van der Waals surface area contributed by atoms with Gasteiger partial charge in [0.2, 0.25) is 11.2 Å². The largest absolute Gasteiger partial charge is 0.372 e. The number of anilines is 1. The van der Waals surface area contributed by atoms with Gasteiger partial charge in [-0.05, 0) is 28.8 Å². The molecule has 0 bridgehead atoms. The molecule has 5 nitrogen and oxygen atoms in total. The first kappa shape index (κ1) is 10.4. The van der Waals surface area contributed by atoms with Gasteiger partial charge in [-0.3, -0.25) is 0 Å². The Morgan fingerprint density at radius 3 is 2.76 bits per heavy atom. The predicted octanol–water partition coefficient (Wildman–Crippen LogP) is 1.80. The van der Waals surface area contributed by atoms with Gasteiger partial charge in [-0.2, -0.15) is 15.0 Å². The summed E-state index contributed by atoms with van der Waals surface area (Å²) < 4.78 is 5.35. The summed E-state index contributed by atoms with van der Waals surface area (Å²) in [5, 5.41) is 0.101. The molecule has 0 saturated heterocycles. The molecule has 2 N–H and O–H groups in total. The summed E-state index contributed by atoms with van der Waals surface area (Å²) in [5.74, 6) is 0.606. The number of rotatable bonds is 1. The summed E-state index contributed by atoms with van der Waals surface area (Å²) in [7, 11) is 0. The fraction of sp³-hybridized carbons (Fsp3) is 0.182. The molecular weight excluding hydrogens is 240 g/mol. The molecule has 1 aliphatic rings. The summed E-state index contributed by atoms with van der Waals surface area (Å²) >= 11 is 5.75. The molecule has 0 unspecified atom stereocenters. The average Bonchev–Trinajstić information content (AvgIpc) is 2.74. The van der Waals surface area contributed by atoms with Gasteiger partial charge in [-0.1, -0.05) is 12.1 Å². The van der Waals surface area contributed by atoms with Crippen LogP contribution in [0.15, 0.2) is 18.2 Å². The minimum absolute atomic E-state index is 0.101. The number of hydrogen-bond donors (Lipinski definition) is 1. The van der Waals surface area contributed by atoms with Crippen molar-refractivity contribution in [1.29, 1.82) is 0 Å². The second-order valence-corrected chi connectivity index (χ2v) is 4.10. The van der Waals surface area contributed by atoms with Crippen molar-refractivity contribution in [3.63, 3.8) is 0 Å². The Morgan fingerprint density at radius 1 is 1.12 bits per heavy atom. The van der Waals surface area contributed by atoms with Gasteiger partial charge in [0.15, 0.2) is 5.82 Å². The van der Waals surface area contributed by atoms with Gasteiger partial charge in [0, 0.05) is 5.56 Å². The molecule has 2 aromatic rings. The van der Waals surface area contributed by atoms with Crippen LogP contribution in [-0.2, 0) is 18.0 Å². The van der Waals surface area contributed by atoms with Crippen molar-refractivity contribution in [2.45, 2.75) is 13.2 Å². The fourth-order valence-corrected chi connectivity index (χ4v) is 1.97. The fourth-order valence-electron chi connectivity index (χ4n) is 1.81. The number of fused-ring (bicyclic) bond motifs is 1. The van der Waals surface area contributed by atoms with E-state index in [0.29, 0.717) is 19.0 Å². The van der Waals surface area contributed by atoms with Crippen molar-refractivity contribution in [1.82, 2.24) is 15.0 Å². The first-order valence-electron chi connectivity index (χ1n) is 5.09. The van der Waals surface area contributed by atoms with Crippen LogP contribution in [0.4, 0.5) is 5.95 Å². The third-order valence-electron chi connectivity index (χ3n) is 2.61. The quantitative estimate of drug-likeness (QED) is 0.833. The van der Waals surface area contributed by atoms with Crippen LogP contribution in [0.5, 0.6) is 0 Å². The lowest BCUT2D eigenvalue weighted by atomic mass is 10.1. The Morgan fingerprint density at radius 2 is 1.94 bits per heavy atom. The molecule has 0 atom stereocenters. The van der Waals surface area contributed by atoms with E-state index in [1.165, 1.54) is 5.56 Å². The summed E-state index contributed by atoms with van der Waals surface area (Å²) in [6, 6.07) is 5.93. The standard InChI is InChI=1S/C11H9ClN4O/c12-10-14-9(15-11(13)16-10)6-1-2-7-4-17-5-8(7)3-6/h1-3H,4-5H2,(H2,13,14,15,16). The molecule has 86 valence electrons. The van der Waals surface area contributed by atoms with E-state index in [4.69, 9.17) is 22.1 Å². The molecule has 17 heavy (non-hydrogen) atoms. The molecule has 0 saturated carbocycles. The number of aromatic nitrogens is 3. The monoisotopic (exact) mass is 248 g/mol. The van der Waals surface area contributed by atoms with Crippen LogP contribution < -0.4 is 5.73 Å². The van der Waals surface area contributed by atoms with Crippen LogP contribution >= 0.6 is 11.6 Å². The van der Waals surface area contributed by atoms with Crippen LogP contribution in [0.3, 0.4) is 0 Å². The third kappa shape index (κ3) is 1.94. The highest BCUT2D eigenvalue weighted by Crippen LogP contribution is 2.25. The number of halogens is 1. The van der Waals surface area contributed by atoms with Gasteiger partial charge in [-0.25, -0.2) is 0 Å². The Labute approximate surface area is 103 Å². The highest BCUT2D eigenvalue weighted by Gasteiger charge is 2.13. The Bertz CT molecular complexity index is 567. The van der Waals surface area contributed by atoms with Crippen molar-refractivity contribution in [3.8, 4) is 11.4 Å². The van der Waals surface area contributed by atoms with E-state index in [9.17, 15) is 0 Å². The molecule has 1 aromatic carbocycles. The van der Waals surface area contributed by atoms with E-state index in [0.717, 1.165) is 11.1 Å². The molecule has 3 rings (SSSR count). The zero-order valence-electron chi connectivity index (χ0n) is 8.85. The van der Waals surface area contributed by atoms with E-state index >= 15 is 0 Å². The maximum atomic E-state index is 5.75. The van der Waals surface area contributed by atoms with Crippen molar-refractivity contribution in [2.24, 2.45) is 0 Å². The van der Waals surface area contributed by atoms with E-state index in [2.05, 4.69) is 15.0 Å². The molecule has 1 aliphatic heterocycles. The topological polar surface area (TPSA) is 73.9 Å². The molecule has 0 radical (unpaired) electrons. The SMILES string of the molecule is Nc1nc(Cl)nc(-c2ccc3c(c2)COC3)n1. The number of hydrogen-bond acceptors (Lipinski definition) is 5. The number of nitrogens with zero attached hydrogens (tertiary/aromatic N) is 3. The smallest absolute Gasteiger partial charge is 0.227 e. The summed E-state index contributed by atoms with van der Waals surface area (Å²) in [4.78, 5) is 11.8. The predicted molar refractivity (Wildman–Crippen MR) is 63.2 cm³/mol. The van der Waals surface area contributed by atoms with Crippen LogP contribution in [0, 0.1) is 0 Å². The van der Waals surface area contributed by atoms with E-state index in [1.807, 2.05) is 18.2 Å². The number of nitrogens with two attached hydrogens (primary N) is 1. The van der Waals surface area contributed by atoms with E-state index in [-0.39, 0.29) is 11.2 Å². The van der Waals surface area contributed by atoms with Gasteiger partial charge in [0.1, 0.15) is 0 Å². The molecule has 6 heteroatoms. The second-order valence-electron chi connectivity index (χ2n) is 3.76. The van der Waals surface area contributed by atoms with Crippen LogP contribution in [0.2, 0.25) is 5.28 Å². The van der Waals surface area contributed by atoms with Crippen molar-refractivity contribution in [3.05, 3.63) is 34.6 Å². The minimum Gasteiger partial charge on any atom is -0.372 e. The number of nitrogen functional groups attached to an aromatic ring is 1. The zero-order chi connectivity index (χ0) is 11.8. The molecule has 0 spiro atoms. The first-order chi connectivity index (χ1) is 8.22. The average molecular weight is 249 g/mol. The lowest BCUT2D eigenvalue weighted by Gasteiger charge is -2.03. The van der Waals surface area contributed by atoms with Gasteiger partial charge >= 0.3 is 0 Å². The molecular formula is C11H9ClN4O. The molecule has 1 aromatic heterocycles. The number of ether oxygens (including phenoxy) is 1. The highest BCUT2D eigenvalue weighted by molar-refractivity contribution is 6.28. The van der Waals surface area contributed by atoms with Crippen molar-refractivity contribution >= 4 is 17.5 Å². The molecule has 0 aliphatic carbocycles. The Hall–Kier alpha value is -1.72. The van der Waals surface area contributed by atoms with Gasteiger partial charge in [-0.15, -0.1) is 0 Å². The molecule has 0 fully saturated rings.